The molecule has 5 atom stereocenters. The van der Waals surface area contributed by atoms with Crippen LogP contribution in [-0.2, 0) is 64.0 Å². The Balaban J connectivity index is 0.684. The largest absolute Gasteiger partial charge is 0.391 e. The van der Waals surface area contributed by atoms with Crippen LogP contribution in [0.4, 0.5) is 20.2 Å². The van der Waals surface area contributed by atoms with Crippen LogP contribution >= 0.6 is 11.3 Å². The van der Waals surface area contributed by atoms with Crippen molar-refractivity contribution in [1.82, 2.24) is 25.1 Å². The summed E-state index contributed by atoms with van der Waals surface area (Å²) in [5.41, 5.74) is 10.4. The van der Waals surface area contributed by atoms with Gasteiger partial charge in [0.25, 0.3) is 6.43 Å². The number of aryl methyl sites for hydroxylation is 2. The number of nitrogens with one attached hydrogen (secondary N) is 2. The number of aliphatic hydroxyl groups excluding tert-OH is 1. The van der Waals surface area contributed by atoms with E-state index in [-0.39, 0.29) is 93.8 Å². The lowest BCUT2D eigenvalue weighted by Gasteiger charge is -2.35. The summed E-state index contributed by atoms with van der Waals surface area (Å²) < 4.78 is 49.5. The molecule has 4 aromatic rings. The Kier molecular flexibility index (Phi) is 19.8. The number of carbonyl (C=O) groups is 5. The van der Waals surface area contributed by atoms with Crippen molar-refractivity contribution in [3.05, 3.63) is 93.4 Å². The number of Topliss-reactive ketones (excluding diaryl/α,β-unsaturated/α-hetero) is 2. The van der Waals surface area contributed by atoms with E-state index < -0.39 is 41.8 Å². The molecule has 1 aliphatic carbocycles. The number of rotatable bonds is 24. The second kappa shape index (κ2) is 26.9. The number of aliphatic hydroxyl groups is 1. The molecule has 19 heteroatoms. The second-order valence-corrected chi connectivity index (χ2v) is 24.3. The Morgan fingerprint density at radius 2 is 1.70 bits per heavy atom. The number of aromatic nitrogens is 2. The number of thiazole rings is 1. The normalized spacial score (nSPS) is 20.5. The molecule has 0 spiro atoms. The fraction of sp³-hybridized carbons (Fsp3) is 0.565. The van der Waals surface area contributed by atoms with E-state index in [1.807, 2.05) is 64.1 Å². The number of halogens is 2. The number of alkyl halides is 2. The molecule has 2 aromatic heterocycles. The monoisotopic (exact) mass is 1140 g/mol. The zero-order valence-corrected chi connectivity index (χ0v) is 48.3. The first kappa shape index (κ1) is 59.6. The van der Waals surface area contributed by atoms with Gasteiger partial charge in [-0.05, 0) is 123 Å². The minimum Gasteiger partial charge on any atom is -0.391 e. The number of β-amino-alcohol motifs (C(OH)–C–C–N with tert-alkyl or cyclic N) is 1. The molecule has 9 rings (SSSR count). The summed E-state index contributed by atoms with van der Waals surface area (Å²) in [6, 6.07) is 9.67. The molecule has 2 saturated heterocycles. The summed E-state index contributed by atoms with van der Waals surface area (Å²) in [5.74, 6) is -1.04. The zero-order valence-electron chi connectivity index (χ0n) is 47.5. The molecule has 0 saturated carbocycles. The Labute approximate surface area is 478 Å². The van der Waals surface area contributed by atoms with Gasteiger partial charge in [-0.1, -0.05) is 51.1 Å². The van der Waals surface area contributed by atoms with Crippen molar-refractivity contribution in [3.8, 4) is 10.4 Å². The number of nitrogens with zero attached hydrogens (tertiary/aromatic N) is 5. The quantitative estimate of drug-likeness (QED) is 0.0567. The molecule has 4 aliphatic heterocycles. The van der Waals surface area contributed by atoms with Crippen LogP contribution in [0.5, 0.6) is 0 Å². The first-order chi connectivity index (χ1) is 38.9. The van der Waals surface area contributed by atoms with Crippen molar-refractivity contribution >= 4 is 63.8 Å². The molecule has 5 aliphatic rings. The standard InChI is InChI=1S/C62H79F2N7O9S/c1-38-57(81-37-67-38)41-13-11-40(12-14-41)33-66-60(76)54-31-48(74)35-71(54)61(77)58(62(3,4)5)68-56(75)20-25-80-27-26-79-24-19-47(73)10-6-9-45-28-44(34-65-45)49-30-43-8-7-21-69(53(43)32-50(49)59(63)64)55-36-70(46-17-22-78-23-18-46)52-16-15-42(39(2)72)29-51(52)55/h11-14,28,30,32,34,36-37,42,45-46,48,54,58-59,74H,6-10,15-27,29,31,33,35H2,1-5H3,(H,66,76)(H,68,75)/t42?,45?,48-,54-,58+/m0/s1. The molecule has 2 fully saturated rings. The third-order valence-corrected chi connectivity index (χ3v) is 17.6. The highest BCUT2D eigenvalue weighted by molar-refractivity contribution is 7.13. The molecule has 6 heterocycles. The van der Waals surface area contributed by atoms with Crippen molar-refractivity contribution in [2.24, 2.45) is 16.3 Å². The van der Waals surface area contributed by atoms with E-state index in [0.29, 0.717) is 62.6 Å². The summed E-state index contributed by atoms with van der Waals surface area (Å²) in [7, 11) is 0. The van der Waals surface area contributed by atoms with Gasteiger partial charge in [0.1, 0.15) is 23.7 Å². The van der Waals surface area contributed by atoms with Gasteiger partial charge in [0.2, 0.25) is 17.7 Å². The van der Waals surface area contributed by atoms with Gasteiger partial charge in [0.15, 0.2) is 0 Å². The fourth-order valence-corrected chi connectivity index (χ4v) is 12.9. The molecule has 3 N–H and O–H groups in total. The average molecular weight is 1140 g/mol. The average Bonchev–Trinajstić information content (AvgIpc) is 4.08. The predicted octanol–water partition coefficient (Wildman–Crippen LogP) is 9.19. The maximum atomic E-state index is 15.1. The molecule has 0 radical (unpaired) electrons. The van der Waals surface area contributed by atoms with Crippen LogP contribution in [0.25, 0.3) is 16.0 Å². The number of carbonyl (C=O) groups excluding carboxylic acids is 5. The molecular formula is C62H79F2N7O9S. The summed E-state index contributed by atoms with van der Waals surface area (Å²) in [6.45, 7) is 12.2. The van der Waals surface area contributed by atoms with Crippen LogP contribution in [0.1, 0.15) is 144 Å². The minimum atomic E-state index is -2.70. The van der Waals surface area contributed by atoms with E-state index in [4.69, 9.17) is 14.2 Å². The number of hydrogen-bond donors (Lipinski definition) is 3. The number of allylic oxidation sites excluding steroid dienone is 1. The van der Waals surface area contributed by atoms with Gasteiger partial charge >= 0.3 is 0 Å². The number of ketones is 2. The van der Waals surface area contributed by atoms with Gasteiger partial charge in [-0.3, -0.25) is 29.0 Å². The number of ether oxygens (including phenoxy) is 3. The van der Waals surface area contributed by atoms with E-state index in [9.17, 15) is 29.1 Å². The molecule has 2 unspecified atom stereocenters. The van der Waals surface area contributed by atoms with E-state index in [1.54, 1.807) is 36.1 Å². The lowest BCUT2D eigenvalue weighted by atomic mass is 9.84. The number of benzene rings is 2. The SMILES string of the molecule is CC(=O)C1CCc2c(c(N3CCCc4cc(C5=CC(CCCC(=O)CCOCCOCCC(=O)N[C@H](C(=O)N6C[C@@H](O)C[C@H]6C(=O)NCc6ccc(-c7scnc7C)cc6)C(C)(C)C)N=C5)c(C(F)F)cc43)cn2C2CCOCC2)C1. The molecule has 436 valence electrons. The molecule has 0 bridgehead atoms. The third kappa shape index (κ3) is 14.6. The molecular weight excluding hydrogens is 1060 g/mol. The van der Waals surface area contributed by atoms with Crippen LogP contribution in [0.2, 0.25) is 0 Å². The van der Waals surface area contributed by atoms with Crippen molar-refractivity contribution in [1.29, 1.82) is 0 Å². The second-order valence-electron chi connectivity index (χ2n) is 23.4. The molecule has 3 amide bonds. The maximum Gasteiger partial charge on any atom is 0.264 e. The van der Waals surface area contributed by atoms with Gasteiger partial charge in [0.05, 0.1) is 60.3 Å². The van der Waals surface area contributed by atoms with Crippen molar-refractivity contribution in [2.75, 3.05) is 57.6 Å². The maximum absolute atomic E-state index is 15.1. The molecule has 16 nitrogen and oxygen atoms in total. The predicted molar refractivity (Wildman–Crippen MR) is 308 cm³/mol. The van der Waals surface area contributed by atoms with E-state index in [0.717, 1.165) is 77.2 Å². The highest BCUT2D eigenvalue weighted by Gasteiger charge is 2.44. The lowest BCUT2D eigenvalue weighted by Crippen LogP contribution is -2.57. The number of aliphatic imine (C=N–C) groups is 1. The summed E-state index contributed by atoms with van der Waals surface area (Å²) >= 11 is 1.56. The highest BCUT2D eigenvalue weighted by Crippen LogP contribution is 2.46. The third-order valence-electron chi connectivity index (χ3n) is 16.6. The number of amides is 3. The van der Waals surface area contributed by atoms with Gasteiger partial charge in [-0.25, -0.2) is 13.8 Å². The molecule has 2 aromatic carbocycles. The van der Waals surface area contributed by atoms with Gasteiger partial charge in [-0.15, -0.1) is 11.3 Å². The topological polar surface area (TPSA) is 194 Å². The number of likely N-dealkylation sites (tertiary alicyclic amines) is 1. The van der Waals surface area contributed by atoms with Crippen LogP contribution in [-0.4, -0.2) is 132 Å². The summed E-state index contributed by atoms with van der Waals surface area (Å²) in [4.78, 5) is 79.8. The van der Waals surface area contributed by atoms with E-state index >= 15 is 8.78 Å². The van der Waals surface area contributed by atoms with E-state index in [2.05, 4.69) is 36.3 Å². The van der Waals surface area contributed by atoms with Gasteiger partial charge < -0.3 is 44.3 Å². The van der Waals surface area contributed by atoms with Crippen LogP contribution in [0.15, 0.2) is 59.2 Å². The Morgan fingerprint density at radius 1 is 0.951 bits per heavy atom. The lowest BCUT2D eigenvalue weighted by molar-refractivity contribution is -0.144. The summed E-state index contributed by atoms with van der Waals surface area (Å²) in [5, 5.41) is 16.4. The first-order valence-corrected chi connectivity index (χ1v) is 29.8. The Morgan fingerprint density at radius 3 is 2.41 bits per heavy atom. The first-order valence-electron chi connectivity index (χ1n) is 28.9. The van der Waals surface area contributed by atoms with Crippen LogP contribution < -0.4 is 15.5 Å². The minimum absolute atomic E-state index is 0.0209. The van der Waals surface area contributed by atoms with Crippen molar-refractivity contribution in [2.45, 2.75) is 161 Å². The zero-order chi connectivity index (χ0) is 57.4. The molecule has 81 heavy (non-hydrogen) atoms. The van der Waals surface area contributed by atoms with E-state index in [1.165, 1.54) is 16.2 Å². The number of anilines is 2. The van der Waals surface area contributed by atoms with Gasteiger partial charge in [-0.2, -0.15) is 0 Å². The smallest absolute Gasteiger partial charge is 0.264 e. The summed E-state index contributed by atoms with van der Waals surface area (Å²) in [6.07, 6.45) is 9.84. The van der Waals surface area contributed by atoms with Crippen LogP contribution in [0, 0.1) is 18.3 Å². The van der Waals surface area contributed by atoms with Crippen LogP contribution in [0.3, 0.4) is 0 Å². The van der Waals surface area contributed by atoms with Gasteiger partial charge in [0, 0.05) is 99.8 Å². The Hall–Kier alpha value is -5.99. The number of hydrogen-bond acceptors (Lipinski definition) is 13. The fourth-order valence-electron chi connectivity index (χ4n) is 12.1. The number of fused-ring (bicyclic) bond motifs is 2. The highest BCUT2D eigenvalue weighted by atomic mass is 32.1. The Bertz CT molecular complexity index is 2960. The van der Waals surface area contributed by atoms with Crippen molar-refractivity contribution in [3.63, 3.8) is 0 Å². The van der Waals surface area contributed by atoms with Crippen molar-refractivity contribution < 1.29 is 52.1 Å².